The minimum atomic E-state index is 0.228. The maximum atomic E-state index is 12.4. The normalized spacial score (nSPS) is 11.6. The maximum Gasteiger partial charge on any atom is 0.180 e. The second-order valence-corrected chi connectivity index (χ2v) is 28.1. The first-order chi connectivity index (χ1) is 55.5. The molecule has 522 valence electrons. The van der Waals surface area contributed by atoms with Gasteiger partial charge in [-0.25, -0.2) is 9.97 Å². The lowest BCUT2D eigenvalue weighted by Gasteiger charge is -2.32. The molecule has 11 nitrogen and oxygen atoms in total. The fraction of sp³-hybridized carbons (Fsp3) is 0. The number of anilines is 6. The van der Waals surface area contributed by atoms with Gasteiger partial charge in [0.25, 0.3) is 0 Å². The van der Waals surface area contributed by atoms with Crippen molar-refractivity contribution >= 4 is 121 Å². The third-order valence-corrected chi connectivity index (χ3v) is 21.9. The van der Waals surface area contributed by atoms with Crippen LogP contribution in [0.4, 0.5) is 34.1 Å². The van der Waals surface area contributed by atoms with Gasteiger partial charge in [0.2, 0.25) is 0 Å². The largest absolute Gasteiger partial charge is 0.310 e. The van der Waals surface area contributed by atoms with Crippen LogP contribution in [0.2, 0.25) is 0 Å². The summed E-state index contributed by atoms with van der Waals surface area (Å²) in [6, 6.07) is 137. The summed E-state index contributed by atoms with van der Waals surface area (Å²) in [5, 5.41) is 33.4. The molecule has 21 aromatic rings. The van der Waals surface area contributed by atoms with Crippen molar-refractivity contribution in [1.82, 2.24) is 33.2 Å². The third-order valence-electron chi connectivity index (χ3n) is 21.9. The SMILES string of the molecule is N#Cc1cc(-c2c(C#N)cc(N(c3ccc(-n4c5ccccc5c5ccccc54)cc3)c3ccc(-n4c5ccccc5c5ccccc54)cc3)cc2N(c2ccc(-n3c4ccccc4c4ccccc43)cc2)c2ccc(-n3c4ccccc4c4ccccc43)cc2)cnc1-c1nc(-c2ccccc2)cc(-c2ccccc2)n1. The minimum Gasteiger partial charge on any atom is -0.310 e. The Morgan fingerprint density at radius 1 is 0.250 bits per heavy atom. The number of nitrogens with zero attached hydrogens (tertiary/aromatic N) is 11. The van der Waals surface area contributed by atoms with E-state index in [0.29, 0.717) is 45.1 Å². The Bertz CT molecular complexity index is 6800. The molecule has 0 spiro atoms. The number of aromatic nitrogens is 7. The Labute approximate surface area is 644 Å². The first-order valence-electron chi connectivity index (χ1n) is 37.4. The highest BCUT2D eigenvalue weighted by molar-refractivity contribution is 6.13. The number of hydrogen-bond donors (Lipinski definition) is 0. The van der Waals surface area contributed by atoms with Gasteiger partial charge in [-0.1, -0.05) is 206 Å². The van der Waals surface area contributed by atoms with E-state index < -0.39 is 0 Å². The molecule has 0 N–H and O–H groups in total. The number of rotatable bonds is 14. The summed E-state index contributed by atoms with van der Waals surface area (Å²) in [6.45, 7) is 0. The monoisotopic (exact) mass is 1430 g/mol. The second kappa shape index (κ2) is 26.7. The predicted octanol–water partition coefficient (Wildman–Crippen LogP) is 25.6. The van der Waals surface area contributed by atoms with Crippen molar-refractivity contribution in [2.45, 2.75) is 0 Å². The van der Waals surface area contributed by atoms with Gasteiger partial charge in [-0.05, 0) is 170 Å². The number of pyridine rings is 1. The highest BCUT2D eigenvalue weighted by Gasteiger charge is 2.28. The van der Waals surface area contributed by atoms with Gasteiger partial charge in [-0.3, -0.25) is 4.98 Å². The molecule has 6 aromatic heterocycles. The molecule has 0 saturated carbocycles. The van der Waals surface area contributed by atoms with Crippen LogP contribution in [0.1, 0.15) is 11.1 Å². The molecule has 0 atom stereocenters. The Morgan fingerprint density at radius 3 is 0.839 bits per heavy atom. The fourth-order valence-corrected chi connectivity index (χ4v) is 16.9. The second-order valence-electron chi connectivity index (χ2n) is 28.1. The van der Waals surface area contributed by atoms with Crippen molar-refractivity contribution in [2.75, 3.05) is 9.80 Å². The van der Waals surface area contributed by atoms with Crippen LogP contribution in [-0.4, -0.2) is 33.2 Å². The van der Waals surface area contributed by atoms with Crippen LogP contribution in [0.25, 0.3) is 155 Å². The Hall–Kier alpha value is -15.7. The van der Waals surface area contributed by atoms with Gasteiger partial charge in [0.05, 0.1) is 78.4 Å². The summed E-state index contributed by atoms with van der Waals surface area (Å²) in [7, 11) is 0. The average molecular weight is 1430 g/mol. The van der Waals surface area contributed by atoms with Crippen molar-refractivity contribution in [3.05, 3.63) is 393 Å². The van der Waals surface area contributed by atoms with E-state index in [9.17, 15) is 10.5 Å². The number of nitriles is 2. The van der Waals surface area contributed by atoms with Crippen LogP contribution in [-0.2, 0) is 0 Å². The van der Waals surface area contributed by atoms with E-state index >= 15 is 0 Å². The van der Waals surface area contributed by atoms with E-state index in [4.69, 9.17) is 15.0 Å². The van der Waals surface area contributed by atoms with Gasteiger partial charge >= 0.3 is 0 Å². The van der Waals surface area contributed by atoms with Gasteiger partial charge in [-0.15, -0.1) is 0 Å². The van der Waals surface area contributed by atoms with Crippen LogP contribution in [0.15, 0.2) is 382 Å². The first-order valence-corrected chi connectivity index (χ1v) is 37.4. The van der Waals surface area contributed by atoms with Gasteiger partial charge in [0.15, 0.2) is 5.82 Å². The predicted molar refractivity (Wildman–Crippen MR) is 458 cm³/mol. The molecular formula is C101H63N11. The zero-order valence-electron chi connectivity index (χ0n) is 60.3. The molecule has 6 heterocycles. The fourth-order valence-electron chi connectivity index (χ4n) is 16.9. The summed E-state index contributed by atoms with van der Waals surface area (Å²) in [6.07, 6.45) is 1.77. The highest BCUT2D eigenvalue weighted by atomic mass is 15.2. The molecule has 15 aromatic carbocycles. The quantitative estimate of drug-likeness (QED) is 0.107. The molecule has 0 aliphatic heterocycles. The van der Waals surface area contributed by atoms with Gasteiger partial charge < -0.3 is 28.1 Å². The summed E-state index contributed by atoms with van der Waals surface area (Å²) in [5.41, 5.74) is 22.4. The first kappa shape index (κ1) is 64.7. The van der Waals surface area contributed by atoms with Crippen LogP contribution < -0.4 is 9.80 Å². The lowest BCUT2D eigenvalue weighted by Crippen LogP contribution is -2.16. The zero-order chi connectivity index (χ0) is 74.3. The van der Waals surface area contributed by atoms with Crippen molar-refractivity contribution in [1.29, 1.82) is 10.5 Å². The molecule has 0 fully saturated rings. The number of hydrogen-bond acceptors (Lipinski definition) is 7. The van der Waals surface area contributed by atoms with E-state index in [1.54, 1.807) is 6.20 Å². The van der Waals surface area contributed by atoms with Crippen molar-refractivity contribution < 1.29 is 0 Å². The van der Waals surface area contributed by atoms with E-state index in [-0.39, 0.29) is 11.4 Å². The number of fused-ring (bicyclic) bond motifs is 12. The summed E-state index contributed by atoms with van der Waals surface area (Å²) < 4.78 is 9.32. The third kappa shape index (κ3) is 10.7. The van der Waals surface area contributed by atoms with E-state index in [2.05, 4.69) is 337 Å². The lowest BCUT2D eigenvalue weighted by molar-refractivity contribution is 1.14. The molecule has 0 radical (unpaired) electrons. The van der Waals surface area contributed by atoms with Crippen molar-refractivity contribution in [3.63, 3.8) is 0 Å². The van der Waals surface area contributed by atoms with Gasteiger partial charge in [0.1, 0.15) is 11.8 Å². The molecule has 0 amide bonds. The lowest BCUT2D eigenvalue weighted by atomic mass is 9.94. The van der Waals surface area contributed by atoms with Gasteiger partial charge in [0, 0.05) is 123 Å². The minimum absolute atomic E-state index is 0.228. The molecule has 0 aliphatic rings. The molecule has 0 bridgehead atoms. The van der Waals surface area contributed by atoms with E-state index in [1.807, 2.05) is 78.9 Å². The molecule has 0 unspecified atom stereocenters. The van der Waals surface area contributed by atoms with Crippen LogP contribution in [0.5, 0.6) is 0 Å². The van der Waals surface area contributed by atoms with Crippen LogP contribution >= 0.6 is 0 Å². The average Bonchev–Trinajstić information content (AvgIpc) is 1.35. The Balaban J connectivity index is 0.811. The Morgan fingerprint density at radius 2 is 0.536 bits per heavy atom. The summed E-state index contributed by atoms with van der Waals surface area (Å²) in [5.74, 6) is 0.289. The molecule has 21 rings (SSSR count). The van der Waals surface area contributed by atoms with Crippen LogP contribution in [0.3, 0.4) is 0 Å². The van der Waals surface area contributed by atoms with E-state index in [0.717, 1.165) is 122 Å². The number of para-hydroxylation sites is 8. The van der Waals surface area contributed by atoms with Crippen molar-refractivity contribution in [3.8, 4) is 80.0 Å². The van der Waals surface area contributed by atoms with Gasteiger partial charge in [-0.2, -0.15) is 10.5 Å². The highest BCUT2D eigenvalue weighted by Crippen LogP contribution is 2.50. The van der Waals surface area contributed by atoms with Crippen molar-refractivity contribution in [2.24, 2.45) is 0 Å². The molecule has 0 aliphatic carbocycles. The number of benzene rings is 15. The smallest absolute Gasteiger partial charge is 0.180 e. The molecular weight excluding hydrogens is 1370 g/mol. The van der Waals surface area contributed by atoms with E-state index in [1.165, 1.54) is 21.5 Å². The molecule has 11 heteroatoms. The zero-order valence-corrected chi connectivity index (χ0v) is 60.3. The maximum absolute atomic E-state index is 12.4. The summed E-state index contributed by atoms with van der Waals surface area (Å²) >= 11 is 0. The Kier molecular flexibility index (Phi) is 15.4. The summed E-state index contributed by atoms with van der Waals surface area (Å²) in [4.78, 5) is 20.1. The molecule has 0 saturated heterocycles. The standard InChI is InChI=1S/C101H63N11/c102-63-68-60-79(107(71-43-51-75(52-44-71)109-90-35-15-7-27-80(90)81-28-8-16-36-91(81)109)72-45-53-76(54-46-72)110-92-37-17-9-29-82(92)83-30-10-18-38-93(83)110)61-98(99(68)70-59-69(64-103)100(104-65-70)101-105-88(66-23-3-1-4-24-66)62-89(106-101)67-25-5-2-6-26-67)108(73-47-55-77(56-48-73)111-94-39-19-11-31-84(94)85-32-12-20-40-95(85)111)74-49-57-78(58-50-74)112-96-41-21-13-33-86(96)87-34-14-22-42-97(87)112/h1-62,65H. The van der Waals surface area contributed by atoms with Crippen LogP contribution in [0, 0.1) is 22.7 Å². The topological polar surface area (TPSA) is 112 Å². The molecule has 112 heavy (non-hydrogen) atoms.